The standard InChI is InChI=1S/C22H18N4O11S2/c1-10-5-15(17(37-2)9-18(10)39(34,35)36)23-24-19-20(22(29)30)25-26(21(19)28)16-8-13(38(31,32)33)6-11-3-4-12(27)7-14(11)16/h3-9,25,27H,1-2H3,(H,29,30)(H,31,32,33)(H,34,35,36). The monoisotopic (exact) mass is 578 g/mol. The van der Waals surface area contributed by atoms with E-state index in [-0.39, 0.29) is 39.2 Å². The summed E-state index contributed by atoms with van der Waals surface area (Å²) in [6, 6.07) is 7.86. The molecule has 4 rings (SSSR count). The number of fused-ring (bicyclic) bond motifs is 1. The number of azo groups is 1. The molecule has 0 saturated heterocycles. The first-order valence-electron chi connectivity index (χ1n) is 10.5. The molecule has 0 saturated carbocycles. The van der Waals surface area contributed by atoms with Crippen molar-refractivity contribution in [3.8, 4) is 17.2 Å². The number of carboxylic acid groups (broad SMARTS) is 1. The average Bonchev–Trinajstić information content (AvgIpc) is 3.16. The number of aromatic nitrogens is 2. The number of ether oxygens (including phenoxy) is 1. The first-order chi connectivity index (χ1) is 18.1. The molecule has 5 N–H and O–H groups in total. The van der Waals surface area contributed by atoms with Crippen LogP contribution in [-0.2, 0) is 20.2 Å². The quantitative estimate of drug-likeness (QED) is 0.158. The molecular weight excluding hydrogens is 560 g/mol. The smallest absolute Gasteiger partial charge is 0.356 e. The lowest BCUT2D eigenvalue weighted by Crippen LogP contribution is -2.15. The number of benzene rings is 3. The van der Waals surface area contributed by atoms with E-state index < -0.39 is 52.9 Å². The molecule has 0 atom stereocenters. The van der Waals surface area contributed by atoms with Crippen molar-refractivity contribution >= 4 is 48.4 Å². The molecule has 0 radical (unpaired) electrons. The maximum Gasteiger partial charge on any atom is 0.356 e. The number of phenolic OH excluding ortho intramolecular Hbond substituents is 1. The van der Waals surface area contributed by atoms with Crippen LogP contribution in [0.5, 0.6) is 11.5 Å². The minimum Gasteiger partial charge on any atom is -0.508 e. The summed E-state index contributed by atoms with van der Waals surface area (Å²) in [5.41, 5.74) is -2.89. The highest BCUT2D eigenvalue weighted by molar-refractivity contribution is 7.86. The molecule has 0 fully saturated rings. The molecule has 0 bridgehead atoms. The van der Waals surface area contributed by atoms with Crippen LogP contribution in [0.25, 0.3) is 16.5 Å². The summed E-state index contributed by atoms with van der Waals surface area (Å²) in [5.74, 6) is -2.06. The number of aryl methyl sites for hydroxylation is 1. The first kappa shape index (κ1) is 27.5. The van der Waals surface area contributed by atoms with Gasteiger partial charge in [0.05, 0.1) is 17.7 Å². The van der Waals surface area contributed by atoms with Gasteiger partial charge in [0, 0.05) is 11.5 Å². The Morgan fingerprint density at radius 3 is 2.28 bits per heavy atom. The number of aromatic amines is 1. The van der Waals surface area contributed by atoms with E-state index in [0.717, 1.165) is 18.2 Å². The highest BCUT2D eigenvalue weighted by Crippen LogP contribution is 2.34. The minimum absolute atomic E-state index is 0.0468. The molecule has 0 amide bonds. The lowest BCUT2D eigenvalue weighted by atomic mass is 10.1. The van der Waals surface area contributed by atoms with Gasteiger partial charge in [-0.1, -0.05) is 6.07 Å². The van der Waals surface area contributed by atoms with Crippen molar-refractivity contribution in [3.05, 3.63) is 64.1 Å². The van der Waals surface area contributed by atoms with Gasteiger partial charge in [-0.15, -0.1) is 10.2 Å². The largest absolute Gasteiger partial charge is 0.508 e. The topological polar surface area (TPSA) is 238 Å². The SMILES string of the molecule is COc1cc(S(=O)(=O)O)c(C)cc1N=Nc1c(C(=O)O)[nH]n(-c2cc(S(=O)(=O)O)cc3ccc(O)cc23)c1=O. The second-order valence-electron chi connectivity index (χ2n) is 8.07. The molecule has 0 aliphatic carbocycles. The molecule has 1 aromatic heterocycles. The van der Waals surface area contributed by atoms with E-state index in [0.29, 0.717) is 4.68 Å². The van der Waals surface area contributed by atoms with Gasteiger partial charge in [0.2, 0.25) is 0 Å². The summed E-state index contributed by atoms with van der Waals surface area (Å²) in [5, 5.41) is 29.8. The summed E-state index contributed by atoms with van der Waals surface area (Å²) < 4.78 is 71.5. The summed E-state index contributed by atoms with van der Waals surface area (Å²) in [4.78, 5) is 24.2. The Morgan fingerprint density at radius 1 is 1.00 bits per heavy atom. The molecule has 3 aromatic carbocycles. The van der Waals surface area contributed by atoms with Gasteiger partial charge in [-0.25, -0.2) is 9.48 Å². The van der Waals surface area contributed by atoms with Crippen molar-refractivity contribution in [3.63, 3.8) is 0 Å². The molecular formula is C22H18N4O11S2. The van der Waals surface area contributed by atoms with Gasteiger partial charge < -0.3 is 14.9 Å². The number of methoxy groups -OCH3 is 1. The Kier molecular flexibility index (Phi) is 6.77. The Balaban J connectivity index is 1.96. The molecule has 39 heavy (non-hydrogen) atoms. The fourth-order valence-corrected chi connectivity index (χ4v) is 5.01. The van der Waals surface area contributed by atoms with Crippen LogP contribution in [0.3, 0.4) is 0 Å². The maximum absolute atomic E-state index is 13.3. The van der Waals surface area contributed by atoms with Crippen molar-refractivity contribution in [1.29, 1.82) is 0 Å². The van der Waals surface area contributed by atoms with E-state index in [1.54, 1.807) is 0 Å². The minimum atomic E-state index is -4.76. The van der Waals surface area contributed by atoms with Crippen LogP contribution in [-0.4, -0.2) is 59.0 Å². The fraction of sp³-hybridized carbons (Fsp3) is 0.0909. The molecule has 0 aliphatic heterocycles. The number of phenols is 1. The van der Waals surface area contributed by atoms with Crippen LogP contribution < -0.4 is 10.3 Å². The van der Waals surface area contributed by atoms with Crippen molar-refractivity contribution in [2.75, 3.05) is 7.11 Å². The van der Waals surface area contributed by atoms with Crippen molar-refractivity contribution in [2.45, 2.75) is 16.7 Å². The van der Waals surface area contributed by atoms with E-state index in [1.807, 2.05) is 0 Å². The Bertz CT molecular complexity index is 1980. The fourth-order valence-electron chi connectivity index (χ4n) is 3.75. The normalized spacial score (nSPS) is 12.3. The summed E-state index contributed by atoms with van der Waals surface area (Å²) in [6.07, 6.45) is 0. The van der Waals surface area contributed by atoms with E-state index >= 15 is 0 Å². The number of rotatable bonds is 7. The molecule has 1 heterocycles. The van der Waals surface area contributed by atoms with Crippen LogP contribution in [0.1, 0.15) is 16.1 Å². The predicted octanol–water partition coefficient (Wildman–Crippen LogP) is 2.95. The summed E-state index contributed by atoms with van der Waals surface area (Å²) in [7, 11) is -8.20. The summed E-state index contributed by atoms with van der Waals surface area (Å²) in [6.45, 7) is 1.34. The third-order valence-corrected chi connectivity index (χ3v) is 7.35. The lowest BCUT2D eigenvalue weighted by Gasteiger charge is -2.10. The number of nitrogens with one attached hydrogen (secondary N) is 1. The van der Waals surface area contributed by atoms with Gasteiger partial charge in [0.15, 0.2) is 11.4 Å². The highest BCUT2D eigenvalue weighted by Gasteiger charge is 2.24. The molecule has 17 heteroatoms. The van der Waals surface area contributed by atoms with Gasteiger partial charge in [-0.2, -0.15) is 16.8 Å². The number of nitrogens with zero attached hydrogens (tertiary/aromatic N) is 3. The highest BCUT2D eigenvalue weighted by atomic mass is 32.2. The molecule has 0 aliphatic rings. The van der Waals surface area contributed by atoms with Gasteiger partial charge in [0.25, 0.3) is 25.8 Å². The average molecular weight is 579 g/mol. The zero-order valence-electron chi connectivity index (χ0n) is 19.8. The second-order valence-corrected chi connectivity index (χ2v) is 10.9. The molecule has 0 unspecified atom stereocenters. The Hall–Kier alpha value is -4.58. The number of carboxylic acids is 1. The zero-order valence-corrected chi connectivity index (χ0v) is 21.5. The number of aromatic carboxylic acids is 1. The van der Waals surface area contributed by atoms with Gasteiger partial charge in [-0.3, -0.25) is 19.0 Å². The number of H-pyrrole nitrogens is 1. The van der Waals surface area contributed by atoms with Crippen LogP contribution in [0.2, 0.25) is 0 Å². The van der Waals surface area contributed by atoms with Gasteiger partial charge in [0.1, 0.15) is 22.1 Å². The Morgan fingerprint density at radius 2 is 1.69 bits per heavy atom. The number of aromatic hydroxyl groups is 1. The van der Waals surface area contributed by atoms with E-state index in [2.05, 4.69) is 15.3 Å². The van der Waals surface area contributed by atoms with Crippen molar-refractivity contribution in [1.82, 2.24) is 9.78 Å². The molecule has 204 valence electrons. The van der Waals surface area contributed by atoms with Crippen LogP contribution in [0.4, 0.5) is 11.4 Å². The van der Waals surface area contributed by atoms with Crippen molar-refractivity contribution < 1.29 is 45.7 Å². The van der Waals surface area contributed by atoms with E-state index in [4.69, 9.17) is 4.74 Å². The third kappa shape index (κ3) is 5.23. The maximum atomic E-state index is 13.3. The van der Waals surface area contributed by atoms with Crippen LogP contribution in [0.15, 0.2) is 67.3 Å². The molecule has 0 spiro atoms. The zero-order chi connectivity index (χ0) is 28.9. The number of hydrogen-bond acceptors (Lipinski definition) is 10. The third-order valence-electron chi connectivity index (χ3n) is 5.52. The summed E-state index contributed by atoms with van der Waals surface area (Å²) >= 11 is 0. The molecule has 4 aromatic rings. The molecule has 15 nitrogen and oxygen atoms in total. The lowest BCUT2D eigenvalue weighted by molar-refractivity contribution is 0.0690. The Labute approximate surface area is 219 Å². The number of hydrogen-bond donors (Lipinski definition) is 5. The predicted molar refractivity (Wildman–Crippen MR) is 134 cm³/mol. The van der Waals surface area contributed by atoms with E-state index in [9.17, 15) is 45.7 Å². The van der Waals surface area contributed by atoms with Crippen LogP contribution in [0, 0.1) is 6.92 Å². The number of carbonyl (C=O) groups is 1. The van der Waals surface area contributed by atoms with Gasteiger partial charge in [-0.05, 0) is 48.2 Å². The van der Waals surface area contributed by atoms with E-state index in [1.165, 1.54) is 38.3 Å². The van der Waals surface area contributed by atoms with Crippen LogP contribution >= 0.6 is 0 Å². The van der Waals surface area contributed by atoms with Crippen molar-refractivity contribution in [2.24, 2.45) is 10.2 Å². The first-order valence-corrected chi connectivity index (χ1v) is 13.4. The second kappa shape index (κ2) is 9.62. The van der Waals surface area contributed by atoms with Gasteiger partial charge >= 0.3 is 5.97 Å².